The van der Waals surface area contributed by atoms with Crippen LogP contribution >= 0.6 is 0 Å². The van der Waals surface area contributed by atoms with Crippen molar-refractivity contribution in [3.8, 4) is 0 Å². The summed E-state index contributed by atoms with van der Waals surface area (Å²) < 4.78 is 54.3. The van der Waals surface area contributed by atoms with Gasteiger partial charge < -0.3 is 5.73 Å². The molecule has 2 N–H and O–H groups in total. The second kappa shape index (κ2) is 7.23. The fraction of sp³-hybridized carbons (Fsp3) is 0.333. The fourth-order valence-electron chi connectivity index (χ4n) is 3.35. The Labute approximate surface area is 173 Å². The van der Waals surface area contributed by atoms with Crippen LogP contribution in [0.4, 0.5) is 13.2 Å². The zero-order valence-corrected chi connectivity index (χ0v) is 17.7. The summed E-state index contributed by atoms with van der Waals surface area (Å²) in [6.45, 7) is 4.79. The van der Waals surface area contributed by atoms with E-state index in [9.17, 15) is 22.2 Å². The molecule has 160 valence electrons. The first-order valence-corrected chi connectivity index (χ1v) is 11.0. The number of amidine groups is 1. The molecule has 0 bridgehead atoms. The van der Waals surface area contributed by atoms with E-state index in [1.54, 1.807) is 13.8 Å². The number of carbonyl (C=O) groups is 1. The number of nitrogens with two attached hydrogens (primary N) is 1. The van der Waals surface area contributed by atoms with Crippen molar-refractivity contribution >= 4 is 27.0 Å². The van der Waals surface area contributed by atoms with Gasteiger partial charge in [-0.15, -0.1) is 0 Å². The van der Waals surface area contributed by atoms with Crippen LogP contribution in [-0.4, -0.2) is 37.2 Å². The number of hydrogen-bond donors (Lipinski definition) is 1. The predicted molar refractivity (Wildman–Crippen MR) is 112 cm³/mol. The second-order valence-corrected chi connectivity index (χ2v) is 11.1. The molecule has 1 aromatic carbocycles. The molecule has 2 heterocycles. The van der Waals surface area contributed by atoms with Crippen LogP contribution < -0.4 is 5.73 Å². The minimum atomic E-state index is -2.84. The SMILES string of the molecule is C=S1(=O)C[C@@](C)(c2cc(CC(=O)c3ccc(F)cn3)cc(F)c2F)N=C(N)C1(C)C. The van der Waals surface area contributed by atoms with Crippen molar-refractivity contribution < 1.29 is 22.2 Å². The molecule has 5 nitrogen and oxygen atoms in total. The second-order valence-electron chi connectivity index (χ2n) is 8.14. The number of halogens is 3. The third-order valence-electron chi connectivity index (χ3n) is 5.47. The van der Waals surface area contributed by atoms with Crippen LogP contribution in [0.25, 0.3) is 0 Å². The van der Waals surface area contributed by atoms with Crippen molar-refractivity contribution in [1.29, 1.82) is 0 Å². The molecule has 0 spiro atoms. The van der Waals surface area contributed by atoms with Crippen LogP contribution in [0.1, 0.15) is 42.4 Å². The molecule has 1 unspecified atom stereocenters. The number of pyridine rings is 1. The molecule has 1 aliphatic rings. The average Bonchev–Trinajstić information content (AvgIpc) is 2.63. The van der Waals surface area contributed by atoms with Gasteiger partial charge in [0.15, 0.2) is 17.4 Å². The lowest BCUT2D eigenvalue weighted by atomic mass is 9.90. The van der Waals surface area contributed by atoms with Crippen molar-refractivity contribution in [3.63, 3.8) is 0 Å². The van der Waals surface area contributed by atoms with Crippen molar-refractivity contribution in [3.05, 3.63) is 64.7 Å². The van der Waals surface area contributed by atoms with E-state index in [2.05, 4.69) is 15.8 Å². The highest BCUT2D eigenvalue weighted by Crippen LogP contribution is 2.38. The quantitative estimate of drug-likeness (QED) is 0.589. The maximum atomic E-state index is 14.8. The Balaban J connectivity index is 2.05. The zero-order valence-electron chi connectivity index (χ0n) is 16.8. The van der Waals surface area contributed by atoms with Gasteiger partial charge in [0, 0.05) is 17.7 Å². The van der Waals surface area contributed by atoms with E-state index in [0.29, 0.717) is 0 Å². The smallest absolute Gasteiger partial charge is 0.185 e. The van der Waals surface area contributed by atoms with E-state index in [1.165, 1.54) is 19.1 Å². The molecule has 0 saturated carbocycles. The lowest BCUT2D eigenvalue weighted by Crippen LogP contribution is -2.54. The monoisotopic (exact) mass is 437 g/mol. The first-order valence-electron chi connectivity index (χ1n) is 9.10. The molecule has 2 aromatic rings. The number of Topliss-reactive ketones (excluding diaryl/α,β-unsaturated/α-hetero) is 1. The Morgan fingerprint density at radius 2 is 1.90 bits per heavy atom. The highest BCUT2D eigenvalue weighted by molar-refractivity contribution is 8.02. The summed E-state index contributed by atoms with van der Waals surface area (Å²) in [6, 6.07) is 4.52. The van der Waals surface area contributed by atoms with Crippen LogP contribution in [0, 0.1) is 17.5 Å². The molecule has 0 amide bonds. The van der Waals surface area contributed by atoms with E-state index >= 15 is 0 Å². The van der Waals surface area contributed by atoms with Gasteiger partial charge in [0.2, 0.25) is 0 Å². The molecule has 0 radical (unpaired) electrons. The van der Waals surface area contributed by atoms with Gasteiger partial charge in [-0.05, 0) is 66.0 Å². The van der Waals surface area contributed by atoms with Gasteiger partial charge in [0.1, 0.15) is 17.3 Å². The normalized spacial score (nSPS) is 25.6. The Morgan fingerprint density at radius 1 is 1.23 bits per heavy atom. The summed E-state index contributed by atoms with van der Waals surface area (Å²) in [7, 11) is -2.84. The van der Waals surface area contributed by atoms with Crippen molar-refractivity contribution in [2.75, 3.05) is 5.75 Å². The number of nitrogens with zero attached hydrogens (tertiary/aromatic N) is 2. The molecule has 0 fully saturated rings. The van der Waals surface area contributed by atoms with Gasteiger partial charge in [-0.1, -0.05) is 0 Å². The lowest BCUT2D eigenvalue weighted by molar-refractivity contribution is 0.0988. The minimum absolute atomic E-state index is 0.00338. The number of aliphatic imine (C=N–C) groups is 1. The van der Waals surface area contributed by atoms with Crippen molar-refractivity contribution in [1.82, 2.24) is 4.98 Å². The number of aromatic nitrogens is 1. The van der Waals surface area contributed by atoms with Crippen molar-refractivity contribution in [2.24, 2.45) is 10.7 Å². The summed E-state index contributed by atoms with van der Waals surface area (Å²) >= 11 is 0. The molecule has 0 aliphatic carbocycles. The Bertz CT molecular complexity index is 1160. The summed E-state index contributed by atoms with van der Waals surface area (Å²) in [5.74, 6) is 0.267. The van der Waals surface area contributed by atoms with E-state index in [0.717, 1.165) is 18.3 Å². The predicted octanol–water partition coefficient (Wildman–Crippen LogP) is 3.01. The average molecular weight is 437 g/mol. The summed E-state index contributed by atoms with van der Waals surface area (Å²) in [5, 5.41) is 0. The van der Waals surface area contributed by atoms with Gasteiger partial charge in [-0.2, -0.15) is 0 Å². The zero-order chi connectivity index (χ0) is 22.5. The maximum Gasteiger partial charge on any atom is 0.185 e. The van der Waals surface area contributed by atoms with Gasteiger partial charge in [-0.3, -0.25) is 19.0 Å². The molecule has 3 rings (SSSR count). The molecular weight excluding hydrogens is 415 g/mol. The molecule has 30 heavy (non-hydrogen) atoms. The maximum absolute atomic E-state index is 14.8. The third kappa shape index (κ3) is 3.74. The van der Waals surface area contributed by atoms with Crippen LogP contribution in [0.5, 0.6) is 0 Å². The number of carbonyl (C=O) groups excluding carboxylic acids is 1. The van der Waals surface area contributed by atoms with E-state index in [4.69, 9.17) is 5.73 Å². The van der Waals surface area contributed by atoms with E-state index < -0.39 is 43.0 Å². The molecule has 9 heteroatoms. The Hall–Kier alpha value is -2.68. The van der Waals surface area contributed by atoms with Gasteiger partial charge in [0.25, 0.3) is 0 Å². The molecule has 1 aliphatic heterocycles. The number of benzene rings is 1. The number of rotatable bonds is 4. The fourth-order valence-corrected chi connectivity index (χ4v) is 5.27. The Morgan fingerprint density at radius 3 is 2.47 bits per heavy atom. The first kappa shape index (κ1) is 22.0. The van der Waals surface area contributed by atoms with E-state index in [1.807, 2.05) is 0 Å². The van der Waals surface area contributed by atoms with Crippen LogP contribution in [0.15, 0.2) is 35.5 Å². The van der Waals surface area contributed by atoms with Crippen LogP contribution in [0.3, 0.4) is 0 Å². The topological polar surface area (TPSA) is 85.4 Å². The lowest BCUT2D eigenvalue weighted by Gasteiger charge is -2.41. The van der Waals surface area contributed by atoms with Crippen molar-refractivity contribution in [2.45, 2.75) is 37.5 Å². The molecule has 0 saturated heterocycles. The number of hydrogen-bond acceptors (Lipinski definition) is 5. The standard InChI is InChI=1S/C21H22F3N3O2S/c1-20(2)19(25)27-21(3,11-30(20,4)29)14-7-12(8-15(23)18(14)24)9-17(28)16-6-5-13(22)10-26-16/h5-8,10H,4,9,11H2,1-3H3,(H2,25,27)/t21-,30?/m0/s1. The molecule has 1 aromatic heterocycles. The minimum Gasteiger partial charge on any atom is -0.386 e. The van der Waals surface area contributed by atoms with Gasteiger partial charge in [0.05, 0.1) is 16.5 Å². The highest BCUT2D eigenvalue weighted by Gasteiger charge is 2.46. The summed E-state index contributed by atoms with van der Waals surface area (Å²) in [6.07, 6.45) is 0.612. The van der Waals surface area contributed by atoms with Gasteiger partial charge in [-0.25, -0.2) is 13.2 Å². The molecule has 2 atom stereocenters. The van der Waals surface area contributed by atoms with Gasteiger partial charge >= 0.3 is 0 Å². The summed E-state index contributed by atoms with van der Waals surface area (Å²) in [5.41, 5.74) is 4.61. The largest absolute Gasteiger partial charge is 0.386 e. The number of ketones is 1. The molecular formula is C21H22F3N3O2S. The van der Waals surface area contributed by atoms with E-state index in [-0.39, 0.29) is 34.8 Å². The Kier molecular flexibility index (Phi) is 5.30. The first-order chi connectivity index (χ1) is 13.8. The third-order valence-corrected chi connectivity index (χ3v) is 8.57. The highest BCUT2D eigenvalue weighted by atomic mass is 32.2. The van der Waals surface area contributed by atoms with Crippen LogP contribution in [0.2, 0.25) is 0 Å². The summed E-state index contributed by atoms with van der Waals surface area (Å²) in [4.78, 5) is 20.5. The van der Waals surface area contributed by atoms with Crippen LogP contribution in [-0.2, 0) is 21.5 Å².